The van der Waals surface area contributed by atoms with E-state index in [4.69, 9.17) is 0 Å². The second kappa shape index (κ2) is 4.61. The lowest BCUT2D eigenvalue weighted by molar-refractivity contribution is -0.142. The van der Waals surface area contributed by atoms with Gasteiger partial charge in [-0.05, 0) is 46.5 Å². The van der Waals surface area contributed by atoms with Crippen LogP contribution in [0.25, 0.3) is 0 Å². The first kappa shape index (κ1) is 14.6. The maximum Gasteiger partial charge on any atom is 0.329 e. The molecule has 110 valence electrons. The van der Waals surface area contributed by atoms with Crippen LogP contribution in [0.15, 0.2) is 17.2 Å². The third-order valence-corrected chi connectivity index (χ3v) is 3.78. The fraction of sp³-hybridized carbons (Fsp3) is 0.643. The van der Waals surface area contributed by atoms with Gasteiger partial charge in [-0.2, -0.15) is 0 Å². The maximum atomic E-state index is 12.4. The minimum Gasteiger partial charge on any atom is -0.480 e. The summed E-state index contributed by atoms with van der Waals surface area (Å²) in [7, 11) is 0. The molecule has 1 fully saturated rings. The molecule has 0 aliphatic heterocycles. The van der Waals surface area contributed by atoms with Gasteiger partial charge in [0.2, 0.25) is 0 Å². The van der Waals surface area contributed by atoms with Gasteiger partial charge in [0, 0.05) is 17.9 Å². The average molecular weight is 279 g/mol. The van der Waals surface area contributed by atoms with Crippen molar-refractivity contribution in [2.75, 3.05) is 5.32 Å². The maximum absolute atomic E-state index is 12.4. The predicted octanol–water partition coefficient (Wildman–Crippen LogP) is 1.66. The fourth-order valence-corrected chi connectivity index (χ4v) is 2.26. The highest BCUT2D eigenvalue weighted by Crippen LogP contribution is 2.41. The molecule has 6 nitrogen and oxygen atoms in total. The van der Waals surface area contributed by atoms with E-state index in [1.807, 2.05) is 20.8 Å². The largest absolute Gasteiger partial charge is 0.480 e. The lowest BCUT2D eigenvalue weighted by Crippen LogP contribution is -2.48. The number of aliphatic carboxylic acids is 1. The van der Waals surface area contributed by atoms with Gasteiger partial charge in [-0.1, -0.05) is 0 Å². The van der Waals surface area contributed by atoms with Crippen LogP contribution < -0.4 is 10.9 Å². The van der Waals surface area contributed by atoms with E-state index in [2.05, 4.69) is 10.3 Å². The molecular formula is C14H21N3O3. The molecule has 6 heteroatoms. The number of nitrogens with one attached hydrogen (secondary N) is 1. The van der Waals surface area contributed by atoms with E-state index in [0.717, 1.165) is 12.8 Å². The Balaban J connectivity index is 2.39. The average Bonchev–Trinajstić information content (AvgIpc) is 3.14. The number of carboxylic acids is 1. The van der Waals surface area contributed by atoms with Gasteiger partial charge in [-0.3, -0.25) is 4.79 Å². The molecule has 1 atom stereocenters. The number of hydrogen-bond acceptors (Lipinski definition) is 4. The summed E-state index contributed by atoms with van der Waals surface area (Å²) in [6.07, 6.45) is 4.85. The Hall–Kier alpha value is -1.85. The first-order valence-electron chi connectivity index (χ1n) is 6.76. The SMILES string of the molecule is CC(Nc1nccn(C(C)(C)C)c1=O)(C(=O)O)C1CC1. The van der Waals surface area contributed by atoms with Crippen molar-refractivity contribution in [1.29, 1.82) is 0 Å². The van der Waals surface area contributed by atoms with Crippen molar-refractivity contribution >= 4 is 11.8 Å². The highest BCUT2D eigenvalue weighted by Gasteiger charge is 2.48. The van der Waals surface area contributed by atoms with E-state index < -0.39 is 11.5 Å². The predicted molar refractivity (Wildman–Crippen MR) is 75.9 cm³/mol. The first-order valence-corrected chi connectivity index (χ1v) is 6.76. The zero-order valence-corrected chi connectivity index (χ0v) is 12.3. The zero-order valence-electron chi connectivity index (χ0n) is 12.3. The third-order valence-electron chi connectivity index (χ3n) is 3.78. The van der Waals surface area contributed by atoms with Crippen LogP contribution in [0.4, 0.5) is 5.82 Å². The Morgan fingerprint density at radius 3 is 2.45 bits per heavy atom. The number of carboxylic acid groups (broad SMARTS) is 1. The quantitative estimate of drug-likeness (QED) is 0.875. The summed E-state index contributed by atoms with van der Waals surface area (Å²) >= 11 is 0. The number of hydrogen-bond donors (Lipinski definition) is 2. The minimum absolute atomic E-state index is 0.0458. The number of carbonyl (C=O) groups is 1. The van der Waals surface area contributed by atoms with Gasteiger partial charge in [0.05, 0.1) is 0 Å². The molecule has 1 saturated carbocycles. The standard InChI is InChI=1S/C14H21N3O3/c1-13(2,3)17-8-7-15-10(11(17)18)16-14(4,12(19)20)9-5-6-9/h7-9H,5-6H2,1-4H3,(H,15,16)(H,19,20). The summed E-state index contributed by atoms with van der Waals surface area (Å²) in [6.45, 7) is 7.35. The van der Waals surface area contributed by atoms with E-state index in [1.54, 1.807) is 17.7 Å². The van der Waals surface area contributed by atoms with E-state index in [-0.39, 0.29) is 22.8 Å². The van der Waals surface area contributed by atoms with Crippen LogP contribution in [0.5, 0.6) is 0 Å². The molecule has 1 aromatic heterocycles. The van der Waals surface area contributed by atoms with Crippen molar-refractivity contribution in [3.63, 3.8) is 0 Å². The molecular weight excluding hydrogens is 258 g/mol. The molecule has 2 N–H and O–H groups in total. The highest BCUT2D eigenvalue weighted by molar-refractivity contribution is 5.82. The van der Waals surface area contributed by atoms with Crippen molar-refractivity contribution in [1.82, 2.24) is 9.55 Å². The summed E-state index contributed by atoms with van der Waals surface area (Å²) in [5.74, 6) is -0.809. The summed E-state index contributed by atoms with van der Waals surface area (Å²) in [5.41, 5.74) is -1.81. The van der Waals surface area contributed by atoms with E-state index in [0.29, 0.717) is 0 Å². The van der Waals surface area contributed by atoms with E-state index in [9.17, 15) is 14.7 Å². The molecule has 1 aliphatic carbocycles. The molecule has 1 aliphatic rings. The normalized spacial score (nSPS) is 18.4. The molecule has 0 spiro atoms. The molecule has 1 aromatic rings. The van der Waals surface area contributed by atoms with Crippen LogP contribution in [0.1, 0.15) is 40.5 Å². The molecule has 1 heterocycles. The number of nitrogens with zero attached hydrogens (tertiary/aromatic N) is 2. The molecule has 1 unspecified atom stereocenters. The summed E-state index contributed by atoms with van der Waals surface area (Å²) in [5, 5.41) is 12.3. The van der Waals surface area contributed by atoms with Crippen molar-refractivity contribution in [3.8, 4) is 0 Å². The molecule has 0 saturated heterocycles. The Morgan fingerprint density at radius 2 is 2.00 bits per heavy atom. The van der Waals surface area contributed by atoms with Gasteiger partial charge < -0.3 is 15.0 Å². The molecule has 20 heavy (non-hydrogen) atoms. The third kappa shape index (κ3) is 2.55. The van der Waals surface area contributed by atoms with Gasteiger partial charge in [0.25, 0.3) is 5.56 Å². The topological polar surface area (TPSA) is 84.2 Å². The van der Waals surface area contributed by atoms with Crippen LogP contribution in [-0.2, 0) is 10.3 Å². The number of rotatable bonds is 4. The highest BCUT2D eigenvalue weighted by atomic mass is 16.4. The zero-order chi connectivity index (χ0) is 15.1. The van der Waals surface area contributed by atoms with Gasteiger partial charge in [0.15, 0.2) is 5.82 Å². The Kier molecular flexibility index (Phi) is 3.36. The second-order valence-electron chi connectivity index (χ2n) is 6.53. The van der Waals surface area contributed by atoms with Crippen molar-refractivity contribution in [2.24, 2.45) is 5.92 Å². The van der Waals surface area contributed by atoms with Gasteiger partial charge in [-0.25, -0.2) is 9.78 Å². The van der Waals surface area contributed by atoms with Crippen LogP contribution in [0, 0.1) is 5.92 Å². The van der Waals surface area contributed by atoms with Crippen molar-refractivity contribution in [2.45, 2.75) is 51.6 Å². The van der Waals surface area contributed by atoms with Crippen LogP contribution in [0.3, 0.4) is 0 Å². The fourth-order valence-electron chi connectivity index (χ4n) is 2.26. The molecule has 0 aromatic carbocycles. The summed E-state index contributed by atoms with van der Waals surface area (Å²) in [4.78, 5) is 27.9. The smallest absolute Gasteiger partial charge is 0.329 e. The van der Waals surface area contributed by atoms with Gasteiger partial charge in [-0.15, -0.1) is 0 Å². The van der Waals surface area contributed by atoms with Crippen LogP contribution >= 0.6 is 0 Å². The first-order chi connectivity index (χ1) is 9.16. The number of anilines is 1. The summed E-state index contributed by atoms with van der Waals surface area (Å²) < 4.78 is 1.55. The van der Waals surface area contributed by atoms with Crippen molar-refractivity contribution < 1.29 is 9.90 Å². The molecule has 0 bridgehead atoms. The van der Waals surface area contributed by atoms with E-state index >= 15 is 0 Å². The summed E-state index contributed by atoms with van der Waals surface area (Å²) in [6, 6.07) is 0. The van der Waals surface area contributed by atoms with E-state index in [1.165, 1.54) is 6.20 Å². The van der Waals surface area contributed by atoms with Gasteiger partial charge in [0.1, 0.15) is 5.54 Å². The minimum atomic E-state index is -1.14. The lowest BCUT2D eigenvalue weighted by Gasteiger charge is -2.28. The monoisotopic (exact) mass is 279 g/mol. The molecule has 0 amide bonds. The molecule has 2 rings (SSSR count). The Morgan fingerprint density at radius 1 is 1.40 bits per heavy atom. The number of aromatic nitrogens is 2. The lowest BCUT2D eigenvalue weighted by atomic mass is 9.96. The Labute approximate surface area is 117 Å². The Bertz CT molecular complexity index is 584. The second-order valence-corrected chi connectivity index (χ2v) is 6.53. The van der Waals surface area contributed by atoms with Crippen LogP contribution in [-0.4, -0.2) is 26.2 Å². The van der Waals surface area contributed by atoms with Crippen LogP contribution in [0.2, 0.25) is 0 Å². The van der Waals surface area contributed by atoms with Gasteiger partial charge >= 0.3 is 5.97 Å². The van der Waals surface area contributed by atoms with Crippen molar-refractivity contribution in [3.05, 3.63) is 22.7 Å². The molecule has 0 radical (unpaired) electrons.